The van der Waals surface area contributed by atoms with E-state index in [0.717, 1.165) is 22.3 Å². The Morgan fingerprint density at radius 1 is 0.825 bits per heavy atom. The molecule has 3 rings (SSSR count). The van der Waals surface area contributed by atoms with Crippen LogP contribution >= 0.6 is 0 Å². The molecule has 0 saturated carbocycles. The third-order valence-electron chi connectivity index (χ3n) is 6.06. The second kappa shape index (κ2) is 18.5. The van der Waals surface area contributed by atoms with Gasteiger partial charge in [0.15, 0.2) is 0 Å². The largest absolute Gasteiger partial charge is 0.480 e. The highest BCUT2D eigenvalue weighted by Crippen LogP contribution is 2.21. The van der Waals surface area contributed by atoms with Crippen molar-refractivity contribution in [1.29, 1.82) is 0 Å². The van der Waals surface area contributed by atoms with Gasteiger partial charge in [0, 0.05) is 63.0 Å². The second-order valence-electron chi connectivity index (χ2n) is 8.74. The summed E-state index contributed by atoms with van der Waals surface area (Å²) < 4.78 is 3.84. The number of carboxylic acid groups (broad SMARTS) is 3. The van der Waals surface area contributed by atoms with Gasteiger partial charge in [0.05, 0.1) is 0 Å². The van der Waals surface area contributed by atoms with Gasteiger partial charge in [-0.25, -0.2) is 4.98 Å². The highest BCUT2D eigenvalue weighted by Gasteiger charge is 2.18. The lowest BCUT2D eigenvalue weighted by molar-refractivity contribution is -0.140. The molecular weight excluding hydrogens is 518 g/mol. The third kappa shape index (κ3) is 11.1. The summed E-state index contributed by atoms with van der Waals surface area (Å²) in [4.78, 5) is 35.9. The summed E-state index contributed by atoms with van der Waals surface area (Å²) in [5.74, 6) is -1.74. The van der Waals surface area contributed by atoms with Gasteiger partial charge >= 0.3 is 17.9 Å². The van der Waals surface area contributed by atoms with Crippen LogP contribution in [0.5, 0.6) is 0 Å². The predicted octanol–water partition coefficient (Wildman–Crippen LogP) is 0.543. The molecule has 3 unspecified atom stereocenters. The molecule has 3 atom stereocenters. The zero-order valence-corrected chi connectivity index (χ0v) is 23.3. The maximum Gasteiger partial charge on any atom is 0.322 e. The number of nitrogens with one attached hydrogen (secondary N) is 4. The molecule has 0 radical (unpaired) electrons. The molecule has 13 heteroatoms. The number of benzene rings is 1. The number of rotatable bonds is 12. The minimum absolute atomic E-state index is 0. The Hall–Kier alpha value is -3.78. The number of imidazole rings is 1. The molecular formula is C27H45N7O6. The maximum atomic E-state index is 11.0. The van der Waals surface area contributed by atoms with Gasteiger partial charge in [0.25, 0.3) is 0 Å². The van der Waals surface area contributed by atoms with Crippen LogP contribution in [0, 0.1) is 0 Å². The first kappa shape index (κ1) is 36.2. The lowest BCUT2D eigenvalue weighted by atomic mass is 10.1. The molecule has 1 aromatic carbocycles. The number of aliphatic carboxylic acids is 3. The first-order valence-corrected chi connectivity index (χ1v) is 12.3. The van der Waals surface area contributed by atoms with Gasteiger partial charge in [-0.1, -0.05) is 25.6 Å². The van der Waals surface area contributed by atoms with Crippen molar-refractivity contribution in [2.45, 2.75) is 38.4 Å². The molecule has 0 aliphatic carbocycles. The number of nitrogens with zero attached hydrogens (tertiary/aromatic N) is 3. The van der Waals surface area contributed by atoms with Crippen LogP contribution in [0.4, 0.5) is 0 Å². The molecule has 2 aromatic heterocycles. The van der Waals surface area contributed by atoms with Crippen molar-refractivity contribution in [2.75, 3.05) is 34.7 Å². The fourth-order valence-electron chi connectivity index (χ4n) is 3.73. The molecule has 3 aromatic rings. The Bertz CT molecular complexity index is 1190. The van der Waals surface area contributed by atoms with Crippen LogP contribution in [0.3, 0.4) is 0 Å². The molecule has 13 nitrogen and oxygen atoms in total. The SMILES string of the molecule is C.CNC(Cc1cn(C)c2ccccc12)C(=O)O.CNC(Cc1nccn1C)C(=O)O.CNCC(NC)C(=O)O. The van der Waals surface area contributed by atoms with Gasteiger partial charge < -0.3 is 45.7 Å². The second-order valence-corrected chi connectivity index (χ2v) is 8.74. The average Bonchev–Trinajstić information content (AvgIpc) is 3.46. The van der Waals surface area contributed by atoms with Crippen molar-refractivity contribution in [1.82, 2.24) is 35.4 Å². The minimum Gasteiger partial charge on any atom is -0.480 e. The summed E-state index contributed by atoms with van der Waals surface area (Å²) in [7, 11) is 10.5. The molecule has 0 aliphatic rings. The van der Waals surface area contributed by atoms with Gasteiger partial charge in [0.2, 0.25) is 0 Å². The van der Waals surface area contributed by atoms with E-state index in [1.54, 1.807) is 40.6 Å². The van der Waals surface area contributed by atoms with Crippen molar-refractivity contribution in [2.24, 2.45) is 14.1 Å². The van der Waals surface area contributed by atoms with Crippen molar-refractivity contribution >= 4 is 28.8 Å². The van der Waals surface area contributed by atoms with Crippen LogP contribution in [0.1, 0.15) is 18.8 Å². The van der Waals surface area contributed by atoms with Crippen molar-refractivity contribution in [3.63, 3.8) is 0 Å². The smallest absolute Gasteiger partial charge is 0.322 e. The third-order valence-corrected chi connectivity index (χ3v) is 6.06. The molecule has 2 heterocycles. The van der Waals surface area contributed by atoms with E-state index >= 15 is 0 Å². The number of carbonyl (C=O) groups is 3. The number of hydrogen-bond donors (Lipinski definition) is 7. The molecule has 0 spiro atoms. The lowest BCUT2D eigenvalue weighted by Gasteiger charge is -2.10. The van der Waals surface area contributed by atoms with Crippen molar-refractivity contribution < 1.29 is 29.7 Å². The quantitative estimate of drug-likeness (QED) is 0.163. The number of carboxylic acids is 3. The number of aromatic nitrogens is 3. The number of para-hydroxylation sites is 1. The van der Waals surface area contributed by atoms with Crippen LogP contribution in [0.2, 0.25) is 0 Å². The zero-order valence-electron chi connectivity index (χ0n) is 23.3. The van der Waals surface area contributed by atoms with E-state index in [2.05, 4.69) is 26.3 Å². The molecule has 0 amide bonds. The van der Waals surface area contributed by atoms with Crippen LogP contribution in [0.15, 0.2) is 42.9 Å². The fourth-order valence-corrected chi connectivity index (χ4v) is 3.73. The Morgan fingerprint density at radius 3 is 1.77 bits per heavy atom. The normalized spacial score (nSPS) is 12.6. The summed E-state index contributed by atoms with van der Waals surface area (Å²) in [6.07, 6.45) is 6.34. The molecule has 0 bridgehead atoms. The first-order chi connectivity index (χ1) is 18.5. The Kier molecular flexibility index (Phi) is 16.7. The van der Waals surface area contributed by atoms with Gasteiger partial charge in [-0.15, -0.1) is 0 Å². The van der Waals surface area contributed by atoms with Crippen LogP contribution in [-0.2, 0) is 41.3 Å². The number of likely N-dealkylation sites (N-methyl/N-ethyl adjacent to an activating group) is 4. The molecule has 0 fully saturated rings. The van der Waals surface area contributed by atoms with Gasteiger partial charge in [-0.3, -0.25) is 14.4 Å². The molecule has 40 heavy (non-hydrogen) atoms. The Balaban J connectivity index is 0.000000594. The number of hydrogen-bond acceptors (Lipinski definition) is 8. The van der Waals surface area contributed by atoms with E-state index in [1.165, 1.54) is 0 Å². The van der Waals surface area contributed by atoms with Gasteiger partial charge in [0.1, 0.15) is 23.9 Å². The summed E-state index contributed by atoms with van der Waals surface area (Å²) in [6, 6.07) is 6.43. The highest BCUT2D eigenvalue weighted by atomic mass is 16.4. The number of fused-ring (bicyclic) bond motifs is 1. The van der Waals surface area contributed by atoms with Gasteiger partial charge in [-0.05, 0) is 39.8 Å². The average molecular weight is 564 g/mol. The fraction of sp³-hybridized carbons (Fsp3) is 0.481. The standard InChI is InChI=1S/C13H16N2O2.C8H13N3O2.C5H12N2O2.CH4/c1-14-11(13(16)17)7-9-8-15(2)12-6-4-3-5-10(9)12;1-9-6(8(12)13)5-7-10-3-4-11(7)2;1-6-3-4(7-2)5(8)9;/h3-6,8,11,14H,7H2,1-2H3,(H,16,17);3-4,6,9H,5H2,1-2H3,(H,12,13);4,6-7H,3H2,1-2H3,(H,8,9);1H4. The Labute approximate surface area is 235 Å². The highest BCUT2D eigenvalue weighted by molar-refractivity contribution is 5.85. The summed E-state index contributed by atoms with van der Waals surface area (Å²) in [6.45, 7) is 0.450. The maximum absolute atomic E-state index is 11.0. The van der Waals surface area contributed by atoms with E-state index < -0.39 is 36.0 Å². The van der Waals surface area contributed by atoms with Crippen molar-refractivity contribution in [3.05, 3.63) is 54.2 Å². The predicted molar refractivity (Wildman–Crippen MR) is 156 cm³/mol. The van der Waals surface area contributed by atoms with Crippen molar-refractivity contribution in [3.8, 4) is 0 Å². The zero-order chi connectivity index (χ0) is 29.5. The molecule has 0 saturated heterocycles. The molecule has 0 aliphatic heterocycles. The minimum atomic E-state index is -0.856. The van der Waals surface area contributed by atoms with E-state index in [1.807, 2.05) is 53.7 Å². The topological polar surface area (TPSA) is 183 Å². The number of aryl methyl sites for hydroxylation is 2. The van der Waals surface area contributed by atoms with Gasteiger partial charge in [-0.2, -0.15) is 0 Å². The first-order valence-electron chi connectivity index (χ1n) is 12.3. The van der Waals surface area contributed by atoms with E-state index in [0.29, 0.717) is 19.4 Å². The Morgan fingerprint density at radius 2 is 1.35 bits per heavy atom. The molecule has 7 N–H and O–H groups in total. The monoisotopic (exact) mass is 563 g/mol. The summed E-state index contributed by atoms with van der Waals surface area (Å²) in [5, 5.41) is 38.3. The summed E-state index contributed by atoms with van der Waals surface area (Å²) in [5.41, 5.74) is 2.19. The van der Waals surface area contributed by atoms with Crippen LogP contribution < -0.4 is 21.3 Å². The van der Waals surface area contributed by atoms with E-state index in [9.17, 15) is 14.4 Å². The van der Waals surface area contributed by atoms with Crippen LogP contribution in [-0.4, -0.2) is 100 Å². The van der Waals surface area contributed by atoms with Crippen LogP contribution in [0.25, 0.3) is 10.9 Å². The summed E-state index contributed by atoms with van der Waals surface area (Å²) >= 11 is 0. The van der Waals surface area contributed by atoms with E-state index in [-0.39, 0.29) is 7.43 Å². The molecule has 224 valence electrons. The van der Waals surface area contributed by atoms with E-state index in [4.69, 9.17) is 15.3 Å². The lowest BCUT2D eigenvalue weighted by Crippen LogP contribution is -2.41.